The van der Waals surface area contributed by atoms with Crippen molar-refractivity contribution in [3.63, 3.8) is 0 Å². The average molecular weight is 1060 g/mol. The Kier molecular flexibility index (Phi) is 30.2. The summed E-state index contributed by atoms with van der Waals surface area (Å²) in [4.78, 5) is 128. The van der Waals surface area contributed by atoms with Gasteiger partial charge in [0.05, 0.1) is 23.9 Å². The van der Waals surface area contributed by atoms with Gasteiger partial charge in [-0.05, 0) is 88.2 Å². The molecule has 0 bridgehead atoms. The number of Topliss-reactive ketones (excluding diaryl/α,β-unsaturated/α-hetero) is 4. The second-order valence-electron chi connectivity index (χ2n) is 21.0. The van der Waals surface area contributed by atoms with E-state index < -0.39 is 35.8 Å². The number of amides is 4. The molecular formula is C58H84N4O10S2. The van der Waals surface area contributed by atoms with Crippen molar-refractivity contribution >= 4 is 80.5 Å². The summed E-state index contributed by atoms with van der Waals surface area (Å²) in [6.07, 6.45) is 9.18. The van der Waals surface area contributed by atoms with Crippen molar-refractivity contribution in [1.29, 1.82) is 0 Å². The second-order valence-corrected chi connectivity index (χ2v) is 23.0. The van der Waals surface area contributed by atoms with E-state index in [2.05, 4.69) is 21.3 Å². The summed E-state index contributed by atoms with van der Waals surface area (Å²) < 4.78 is 0. The highest BCUT2D eigenvalue weighted by Gasteiger charge is 2.32. The van der Waals surface area contributed by atoms with Crippen LogP contribution in [-0.4, -0.2) is 93.7 Å². The molecule has 0 aliphatic carbocycles. The molecule has 4 rings (SSSR count). The van der Waals surface area contributed by atoms with E-state index >= 15 is 0 Å². The van der Waals surface area contributed by atoms with E-state index in [4.69, 9.17) is 0 Å². The first kappa shape index (κ1) is 63.3. The maximum absolute atomic E-state index is 13.5. The summed E-state index contributed by atoms with van der Waals surface area (Å²) >= 11 is 2.05. The second kappa shape index (κ2) is 35.3. The van der Waals surface area contributed by atoms with Crippen LogP contribution in [0.5, 0.6) is 0 Å². The van der Waals surface area contributed by atoms with Crippen molar-refractivity contribution in [2.24, 2.45) is 35.5 Å². The number of ketones is 4. The van der Waals surface area contributed by atoms with E-state index in [1.165, 1.54) is 13.8 Å². The number of hydrogen-bond donors (Lipinski definition) is 4. The third kappa shape index (κ3) is 26.5. The van der Waals surface area contributed by atoms with E-state index in [0.717, 1.165) is 73.2 Å². The number of carbonyl (C=O) groups excluding carboxylic acids is 10. The number of benzene rings is 2. The Hall–Kier alpha value is -4.96. The molecule has 0 aromatic heterocycles. The molecule has 4 amide bonds. The number of nitrogens with one attached hydrogen (secondary N) is 4. The average Bonchev–Trinajstić information content (AvgIpc) is 3.34. The summed E-state index contributed by atoms with van der Waals surface area (Å²) in [5.41, 5.74) is 1.89. The molecule has 16 heteroatoms. The molecule has 2 aromatic rings. The molecule has 2 aliphatic rings. The lowest BCUT2D eigenvalue weighted by atomic mass is 9.90. The Balaban J connectivity index is 0.000000391. The highest BCUT2D eigenvalue weighted by atomic mass is 32.2. The maximum atomic E-state index is 13.5. The van der Waals surface area contributed by atoms with Crippen LogP contribution in [0.1, 0.15) is 155 Å². The van der Waals surface area contributed by atoms with Gasteiger partial charge in [0.2, 0.25) is 23.6 Å². The lowest BCUT2D eigenvalue weighted by Gasteiger charge is -2.23. The van der Waals surface area contributed by atoms with Crippen LogP contribution in [0, 0.1) is 35.5 Å². The van der Waals surface area contributed by atoms with Gasteiger partial charge >= 0.3 is 0 Å². The fourth-order valence-electron chi connectivity index (χ4n) is 9.05. The molecule has 2 fully saturated rings. The van der Waals surface area contributed by atoms with Crippen molar-refractivity contribution in [2.45, 2.75) is 169 Å². The van der Waals surface area contributed by atoms with Gasteiger partial charge in [0.1, 0.15) is 11.6 Å². The van der Waals surface area contributed by atoms with Crippen LogP contribution in [0.15, 0.2) is 60.7 Å². The van der Waals surface area contributed by atoms with Crippen LogP contribution in [0.3, 0.4) is 0 Å². The minimum Gasteiger partial charge on any atom is -0.356 e. The van der Waals surface area contributed by atoms with Crippen molar-refractivity contribution in [2.75, 3.05) is 24.6 Å². The van der Waals surface area contributed by atoms with Crippen LogP contribution in [0.4, 0.5) is 0 Å². The van der Waals surface area contributed by atoms with Gasteiger partial charge in [0.25, 0.3) is 0 Å². The van der Waals surface area contributed by atoms with Gasteiger partial charge in [-0.25, -0.2) is 0 Å². The molecule has 2 aliphatic heterocycles. The third-order valence-corrected chi connectivity index (χ3v) is 15.4. The molecule has 0 radical (unpaired) electrons. The number of hydrogen-bond acceptors (Lipinski definition) is 12. The van der Waals surface area contributed by atoms with Crippen molar-refractivity contribution in [1.82, 2.24) is 21.3 Å². The summed E-state index contributed by atoms with van der Waals surface area (Å²) in [7, 11) is 0. The van der Waals surface area contributed by atoms with Crippen LogP contribution >= 0.6 is 23.5 Å². The Labute approximate surface area is 448 Å². The monoisotopic (exact) mass is 1060 g/mol. The molecule has 6 atom stereocenters. The maximum Gasteiger partial charge on any atom is 0.224 e. The van der Waals surface area contributed by atoms with Crippen LogP contribution in [0.25, 0.3) is 0 Å². The minimum absolute atomic E-state index is 0.0158. The van der Waals surface area contributed by atoms with Crippen LogP contribution < -0.4 is 21.3 Å². The van der Waals surface area contributed by atoms with E-state index in [1.54, 1.807) is 0 Å². The van der Waals surface area contributed by atoms with Gasteiger partial charge in [0, 0.05) is 75.0 Å². The first-order valence-corrected chi connectivity index (χ1v) is 28.9. The zero-order valence-electron chi connectivity index (χ0n) is 44.8. The third-order valence-electron chi connectivity index (χ3n) is 13.0. The Morgan fingerprint density at radius 3 is 1.22 bits per heavy atom. The molecule has 2 saturated heterocycles. The van der Waals surface area contributed by atoms with Crippen LogP contribution in [-0.2, 0) is 60.8 Å². The van der Waals surface area contributed by atoms with Gasteiger partial charge in [0.15, 0.2) is 21.8 Å². The van der Waals surface area contributed by atoms with Gasteiger partial charge in [-0.1, -0.05) is 138 Å². The zero-order chi connectivity index (χ0) is 54.4. The molecule has 2 heterocycles. The quantitative estimate of drug-likeness (QED) is 0.157. The molecule has 2 aromatic carbocycles. The fourth-order valence-corrected chi connectivity index (χ4v) is 11.1. The summed E-state index contributed by atoms with van der Waals surface area (Å²) in [6, 6.07) is 17.8. The highest BCUT2D eigenvalue weighted by Crippen LogP contribution is 2.27. The summed E-state index contributed by atoms with van der Waals surface area (Å²) in [5.74, 6) is -2.80. The van der Waals surface area contributed by atoms with E-state index in [1.807, 2.05) is 88.4 Å². The smallest absolute Gasteiger partial charge is 0.224 e. The Morgan fingerprint density at radius 1 is 0.500 bits per heavy atom. The van der Waals surface area contributed by atoms with E-state index in [-0.39, 0.29) is 106 Å². The minimum atomic E-state index is -0.628. The van der Waals surface area contributed by atoms with Crippen molar-refractivity contribution in [3.8, 4) is 0 Å². The Bertz CT molecular complexity index is 2140. The lowest BCUT2D eigenvalue weighted by Crippen LogP contribution is -2.42. The molecule has 4 N–H and O–H groups in total. The van der Waals surface area contributed by atoms with E-state index in [9.17, 15) is 47.9 Å². The van der Waals surface area contributed by atoms with Gasteiger partial charge in [-0.3, -0.25) is 38.4 Å². The molecular weight excluding hydrogens is 977 g/mol. The van der Waals surface area contributed by atoms with Gasteiger partial charge < -0.3 is 30.9 Å². The molecule has 14 nitrogen and oxygen atoms in total. The normalized spacial score (nSPS) is 23.6. The fraction of sp³-hybridized carbons (Fsp3) is 0.621. The zero-order valence-corrected chi connectivity index (χ0v) is 46.5. The Morgan fingerprint density at radius 2 is 0.851 bits per heavy atom. The lowest BCUT2D eigenvalue weighted by molar-refractivity contribution is -0.129. The predicted molar refractivity (Wildman–Crippen MR) is 294 cm³/mol. The van der Waals surface area contributed by atoms with Gasteiger partial charge in [-0.2, -0.15) is 0 Å². The summed E-state index contributed by atoms with van der Waals surface area (Å²) in [5, 5.41) is 11.3. The SMILES string of the molecule is CC(=O)C[C@H]1CSC(=O)[C@H](Cc2ccccc2)CC(=O)[C@H](CC(C)C)NC(=O)CCCCCCCNC1=O.CC(=O)C[C@H]1CSC(=O)[C@H](Cc2ccccc2)CC(=O)[C@H](CC(C)C)NC(=O)CCCCCNC1=O. The van der Waals surface area contributed by atoms with Crippen molar-refractivity contribution in [3.05, 3.63) is 71.8 Å². The molecule has 0 spiro atoms. The number of rotatable bonds is 12. The highest BCUT2D eigenvalue weighted by molar-refractivity contribution is 8.13. The summed E-state index contributed by atoms with van der Waals surface area (Å²) in [6.45, 7) is 11.9. The topological polar surface area (TPSA) is 219 Å². The largest absolute Gasteiger partial charge is 0.356 e. The first-order chi connectivity index (χ1) is 35.3. The number of carbonyl (C=O) groups is 10. The predicted octanol–water partition coefficient (Wildman–Crippen LogP) is 8.54. The first-order valence-electron chi connectivity index (χ1n) is 26.9. The van der Waals surface area contributed by atoms with Gasteiger partial charge in [-0.15, -0.1) is 0 Å². The van der Waals surface area contributed by atoms with E-state index in [0.29, 0.717) is 64.5 Å². The molecule has 0 unspecified atom stereocenters. The van der Waals surface area contributed by atoms with Crippen molar-refractivity contribution < 1.29 is 47.9 Å². The standard InChI is InChI=1S/C30H44N2O5S.C28H40N2O5S/c1-21(2)16-26-27(34)19-24(18-23-12-8-7-9-13-23)30(37)38-20-25(17-22(3)33)29(36)31-15-11-6-4-5-10-14-28(35)32-26;1-19(2)14-24-25(32)17-22(16-21-10-6-4-7-11-21)28(35)36-18-23(15-20(3)31)27(34)29-13-9-5-8-12-26(33)30-24/h7-9,12-13,21,24-26H,4-6,10-11,14-20H2,1-3H3,(H,31,36)(H,32,35);4,6-7,10-11,19,22-24H,5,8-9,12-18H2,1-3H3,(H,29,34)(H,30,33)/t24-,25+,26+;22-,23+,24+/m11/s1. The molecule has 408 valence electrons. The molecule has 74 heavy (non-hydrogen) atoms. The molecule has 0 saturated carbocycles. The number of thioether (sulfide) groups is 2. The van der Waals surface area contributed by atoms with Crippen LogP contribution in [0.2, 0.25) is 0 Å².